The number of nitrogens with zero attached hydrogens (tertiary/aromatic N) is 2. The lowest BCUT2D eigenvalue weighted by Gasteiger charge is -2.12. The van der Waals surface area contributed by atoms with Crippen LogP contribution in [0.3, 0.4) is 0 Å². The number of hydrogen-bond donors (Lipinski definition) is 2. The maximum Gasteiger partial charge on any atom is 0.269 e. The standard InChI is InChI=1S/C23H26N4O/c1-3-10-28-22-12-19(5-4-18-6-7-23(24-2)27-17-18)11-21(13-22)16-26-15-20-8-9-25-14-20/h3-7,11-13,17,20,25-26H,1,8-10,14-16H2/b5-4+. The second kappa shape index (κ2) is 10.4. The molecule has 28 heavy (non-hydrogen) atoms. The largest absolute Gasteiger partial charge is 0.490 e. The third kappa shape index (κ3) is 6.05. The first-order valence-corrected chi connectivity index (χ1v) is 9.57. The highest BCUT2D eigenvalue weighted by Crippen LogP contribution is 2.20. The van der Waals surface area contributed by atoms with Gasteiger partial charge in [0.05, 0.1) is 0 Å². The molecule has 2 aromatic rings. The summed E-state index contributed by atoms with van der Waals surface area (Å²) >= 11 is 0. The summed E-state index contributed by atoms with van der Waals surface area (Å²) in [7, 11) is 0. The molecule has 0 radical (unpaired) electrons. The average Bonchev–Trinajstić information content (AvgIpc) is 3.24. The van der Waals surface area contributed by atoms with Crippen molar-refractivity contribution in [2.75, 3.05) is 26.2 Å². The summed E-state index contributed by atoms with van der Waals surface area (Å²) in [5, 5.41) is 6.96. The molecule has 1 saturated heterocycles. The molecule has 1 fully saturated rings. The van der Waals surface area contributed by atoms with Gasteiger partial charge in [0.25, 0.3) is 5.82 Å². The molecule has 5 nitrogen and oxygen atoms in total. The highest BCUT2D eigenvalue weighted by Gasteiger charge is 2.13. The van der Waals surface area contributed by atoms with Gasteiger partial charge in [0.15, 0.2) is 0 Å². The Kier molecular flexibility index (Phi) is 7.36. The van der Waals surface area contributed by atoms with E-state index in [2.05, 4.69) is 39.2 Å². The molecule has 2 heterocycles. The van der Waals surface area contributed by atoms with Crippen LogP contribution in [0, 0.1) is 12.5 Å². The Balaban J connectivity index is 1.69. The summed E-state index contributed by atoms with van der Waals surface area (Å²) in [6.45, 7) is 15.2. The number of rotatable bonds is 9. The minimum absolute atomic E-state index is 0.405. The normalized spacial score (nSPS) is 16.2. The molecule has 0 amide bonds. The van der Waals surface area contributed by atoms with E-state index in [9.17, 15) is 0 Å². The van der Waals surface area contributed by atoms with Gasteiger partial charge >= 0.3 is 0 Å². The fraction of sp³-hybridized carbons (Fsp3) is 0.304. The summed E-state index contributed by atoms with van der Waals surface area (Å²) < 4.78 is 5.76. The van der Waals surface area contributed by atoms with Crippen LogP contribution >= 0.6 is 0 Å². The molecule has 3 rings (SSSR count). The van der Waals surface area contributed by atoms with Crippen molar-refractivity contribution in [3.63, 3.8) is 0 Å². The first kappa shape index (κ1) is 19.8. The summed E-state index contributed by atoms with van der Waals surface area (Å²) in [4.78, 5) is 7.43. The van der Waals surface area contributed by atoms with E-state index in [0.29, 0.717) is 18.3 Å². The number of hydrogen-bond acceptors (Lipinski definition) is 4. The molecule has 0 saturated carbocycles. The predicted molar refractivity (Wildman–Crippen MR) is 114 cm³/mol. The molecule has 2 N–H and O–H groups in total. The lowest BCUT2D eigenvalue weighted by atomic mass is 10.1. The van der Waals surface area contributed by atoms with Crippen molar-refractivity contribution in [3.8, 4) is 5.75 Å². The Morgan fingerprint density at radius 3 is 2.89 bits per heavy atom. The van der Waals surface area contributed by atoms with Gasteiger partial charge in [-0.25, -0.2) is 0 Å². The van der Waals surface area contributed by atoms with Crippen LogP contribution in [0.25, 0.3) is 17.0 Å². The Labute approximate surface area is 167 Å². The first-order chi connectivity index (χ1) is 13.8. The van der Waals surface area contributed by atoms with Crippen LogP contribution in [-0.2, 0) is 6.54 Å². The lowest BCUT2D eigenvalue weighted by molar-refractivity contribution is 0.362. The third-order valence-corrected chi connectivity index (χ3v) is 4.63. The monoisotopic (exact) mass is 374 g/mol. The van der Waals surface area contributed by atoms with Crippen LogP contribution in [0.5, 0.6) is 5.75 Å². The van der Waals surface area contributed by atoms with Gasteiger partial charge < -0.3 is 20.2 Å². The molecule has 1 aliphatic rings. The van der Waals surface area contributed by atoms with Crippen molar-refractivity contribution < 1.29 is 4.74 Å². The summed E-state index contributed by atoms with van der Waals surface area (Å²) in [6, 6.07) is 9.88. The van der Waals surface area contributed by atoms with Crippen molar-refractivity contribution in [1.29, 1.82) is 0 Å². The second-order valence-corrected chi connectivity index (χ2v) is 6.89. The maximum absolute atomic E-state index is 6.98. The zero-order valence-electron chi connectivity index (χ0n) is 16.0. The lowest BCUT2D eigenvalue weighted by Crippen LogP contribution is -2.24. The number of aromatic nitrogens is 1. The van der Waals surface area contributed by atoms with Crippen LogP contribution in [0.4, 0.5) is 5.82 Å². The van der Waals surface area contributed by atoms with Gasteiger partial charge in [-0.2, -0.15) is 0 Å². The third-order valence-electron chi connectivity index (χ3n) is 4.63. The minimum Gasteiger partial charge on any atom is -0.490 e. The number of nitrogens with one attached hydrogen (secondary N) is 2. The number of ether oxygens (including phenoxy) is 1. The van der Waals surface area contributed by atoms with Crippen molar-refractivity contribution >= 4 is 18.0 Å². The Hall–Kier alpha value is -2.94. The van der Waals surface area contributed by atoms with E-state index < -0.39 is 0 Å². The summed E-state index contributed by atoms with van der Waals surface area (Å²) in [6.07, 6.45) is 8.73. The van der Waals surface area contributed by atoms with Gasteiger partial charge in [-0.05, 0) is 61.3 Å². The fourth-order valence-electron chi connectivity index (χ4n) is 3.19. The van der Waals surface area contributed by atoms with Crippen molar-refractivity contribution in [1.82, 2.24) is 15.6 Å². The molecule has 5 heteroatoms. The Bertz CT molecular complexity index is 846. The molecule has 0 bridgehead atoms. The molecule has 1 aromatic carbocycles. The van der Waals surface area contributed by atoms with Gasteiger partial charge in [0, 0.05) is 12.1 Å². The van der Waals surface area contributed by atoms with Gasteiger partial charge in [-0.3, -0.25) is 0 Å². The topological polar surface area (TPSA) is 50.5 Å². The van der Waals surface area contributed by atoms with Crippen molar-refractivity contribution in [2.24, 2.45) is 5.92 Å². The van der Waals surface area contributed by atoms with Gasteiger partial charge in [0.1, 0.15) is 18.6 Å². The van der Waals surface area contributed by atoms with E-state index in [-0.39, 0.29) is 0 Å². The molecular weight excluding hydrogens is 348 g/mol. The molecular formula is C23H26N4O. The zero-order chi connectivity index (χ0) is 19.6. The quantitative estimate of drug-likeness (QED) is 0.513. The molecule has 144 valence electrons. The molecule has 1 atom stereocenters. The van der Waals surface area contributed by atoms with Crippen LogP contribution < -0.4 is 15.4 Å². The summed E-state index contributed by atoms with van der Waals surface area (Å²) in [5.41, 5.74) is 3.21. The summed E-state index contributed by atoms with van der Waals surface area (Å²) in [5.74, 6) is 1.95. The fourth-order valence-corrected chi connectivity index (χ4v) is 3.19. The van der Waals surface area contributed by atoms with Gasteiger partial charge in [-0.15, -0.1) is 4.98 Å². The van der Waals surface area contributed by atoms with E-state index in [1.165, 1.54) is 12.0 Å². The van der Waals surface area contributed by atoms with Crippen molar-refractivity contribution in [3.05, 3.63) is 77.3 Å². The number of benzene rings is 1. The Morgan fingerprint density at radius 1 is 1.29 bits per heavy atom. The molecule has 0 spiro atoms. The van der Waals surface area contributed by atoms with E-state index in [4.69, 9.17) is 11.3 Å². The van der Waals surface area contributed by atoms with Crippen LogP contribution in [0.15, 0.2) is 49.2 Å². The van der Waals surface area contributed by atoms with Crippen molar-refractivity contribution in [2.45, 2.75) is 13.0 Å². The highest BCUT2D eigenvalue weighted by molar-refractivity contribution is 5.70. The van der Waals surface area contributed by atoms with E-state index >= 15 is 0 Å². The smallest absolute Gasteiger partial charge is 0.269 e. The first-order valence-electron chi connectivity index (χ1n) is 9.57. The Morgan fingerprint density at radius 2 is 2.18 bits per heavy atom. The zero-order valence-corrected chi connectivity index (χ0v) is 16.0. The predicted octanol–water partition coefficient (Wildman–Crippen LogP) is 4.07. The molecule has 1 unspecified atom stereocenters. The van der Waals surface area contributed by atoms with Crippen LogP contribution in [-0.4, -0.2) is 31.2 Å². The van der Waals surface area contributed by atoms with E-state index in [0.717, 1.165) is 43.1 Å². The minimum atomic E-state index is 0.405. The van der Waals surface area contributed by atoms with Gasteiger partial charge in [0.2, 0.25) is 0 Å². The van der Waals surface area contributed by atoms with E-state index in [1.54, 1.807) is 18.3 Å². The SMILES string of the molecule is [C-]#[N+]c1ccc(/C=C/c2cc(CNCC3CCNC3)cc(OCC=C)c2)cn1. The van der Waals surface area contributed by atoms with Crippen LogP contribution in [0.2, 0.25) is 0 Å². The van der Waals surface area contributed by atoms with E-state index in [1.807, 2.05) is 24.3 Å². The molecule has 0 aliphatic carbocycles. The maximum atomic E-state index is 6.98. The number of pyridine rings is 1. The molecule has 1 aromatic heterocycles. The highest BCUT2D eigenvalue weighted by atomic mass is 16.5. The van der Waals surface area contributed by atoms with Crippen LogP contribution in [0.1, 0.15) is 23.1 Å². The average molecular weight is 374 g/mol. The molecule has 1 aliphatic heterocycles. The van der Waals surface area contributed by atoms with Gasteiger partial charge in [-0.1, -0.05) is 43.5 Å². The second-order valence-electron chi connectivity index (χ2n) is 6.89.